The Morgan fingerprint density at radius 3 is 2.43 bits per heavy atom. The van der Waals surface area contributed by atoms with E-state index in [1.807, 2.05) is 0 Å². The predicted molar refractivity (Wildman–Crippen MR) is 68.3 cm³/mol. The average Bonchev–Trinajstić information content (AvgIpc) is 3.17. The first-order valence-corrected chi connectivity index (χ1v) is 6.34. The van der Waals surface area contributed by atoms with Crippen LogP contribution in [0.15, 0.2) is 35.3 Å². The first kappa shape index (κ1) is 13.6. The van der Waals surface area contributed by atoms with Gasteiger partial charge in [-0.15, -0.1) is 0 Å². The monoisotopic (exact) mass is 293 g/mol. The lowest BCUT2D eigenvalue weighted by molar-refractivity contribution is -0.141. The van der Waals surface area contributed by atoms with Crippen molar-refractivity contribution in [2.45, 2.75) is 24.9 Å². The summed E-state index contributed by atoms with van der Waals surface area (Å²) < 4.78 is 39.7. The van der Waals surface area contributed by atoms with Crippen LogP contribution < -0.4 is 0 Å². The summed E-state index contributed by atoms with van der Waals surface area (Å²) in [4.78, 5) is 13.6. The third kappa shape index (κ3) is 2.73. The van der Waals surface area contributed by atoms with Crippen molar-refractivity contribution in [3.8, 4) is 5.69 Å². The Labute approximate surface area is 117 Å². The van der Waals surface area contributed by atoms with Crippen LogP contribution in [0.25, 0.3) is 5.69 Å². The van der Waals surface area contributed by atoms with Crippen molar-refractivity contribution in [1.29, 1.82) is 0 Å². The van der Waals surface area contributed by atoms with Crippen molar-refractivity contribution in [2.75, 3.05) is 0 Å². The van der Waals surface area contributed by atoms with Crippen LogP contribution in [0.1, 0.15) is 30.1 Å². The maximum Gasteiger partial charge on any atom is 0.435 e. The van der Waals surface area contributed by atoms with Crippen molar-refractivity contribution in [3.05, 3.63) is 41.7 Å². The van der Waals surface area contributed by atoms with Crippen LogP contribution in [0, 0.1) is 0 Å². The summed E-state index contributed by atoms with van der Waals surface area (Å²) in [7, 11) is 0. The molecule has 0 saturated heterocycles. The topological polar surface area (TPSA) is 47.2 Å². The quantitative estimate of drug-likeness (QED) is 0.639. The van der Waals surface area contributed by atoms with Crippen LogP contribution in [0.3, 0.4) is 0 Å². The molecule has 1 aliphatic carbocycles. The largest absolute Gasteiger partial charge is 0.435 e. The number of aliphatic imine (C=N–C) groups is 1. The molecule has 0 radical (unpaired) electrons. The Bertz CT molecular complexity index is 708. The number of halogens is 3. The molecule has 2 aromatic rings. The number of benzene rings is 1. The van der Waals surface area contributed by atoms with Gasteiger partial charge in [0.05, 0.1) is 11.4 Å². The molecular weight excluding hydrogens is 283 g/mol. The number of carbonyl (C=O) groups excluding carboxylic acids is 1. The summed E-state index contributed by atoms with van der Waals surface area (Å²) in [5.41, 5.74) is 0.579. The van der Waals surface area contributed by atoms with Crippen molar-refractivity contribution < 1.29 is 18.0 Å². The fourth-order valence-corrected chi connectivity index (χ4v) is 2.13. The highest BCUT2D eigenvalue weighted by Crippen LogP contribution is 2.42. The Kier molecular flexibility index (Phi) is 3.14. The minimum atomic E-state index is -4.46. The van der Waals surface area contributed by atoms with Crippen LogP contribution in [-0.4, -0.2) is 15.9 Å². The molecule has 0 aliphatic heterocycles. The average molecular weight is 293 g/mol. The third-order valence-electron chi connectivity index (χ3n) is 3.29. The molecule has 1 fully saturated rings. The number of hydrogen-bond acceptors (Lipinski definition) is 3. The Morgan fingerprint density at radius 2 is 1.90 bits per heavy atom. The van der Waals surface area contributed by atoms with Crippen LogP contribution in [0.4, 0.5) is 18.9 Å². The zero-order valence-electron chi connectivity index (χ0n) is 10.8. The van der Waals surface area contributed by atoms with E-state index in [4.69, 9.17) is 0 Å². The van der Waals surface area contributed by atoms with Crippen LogP contribution in [0.5, 0.6) is 0 Å². The van der Waals surface area contributed by atoms with E-state index in [9.17, 15) is 18.0 Å². The molecule has 0 bridgehead atoms. The van der Waals surface area contributed by atoms with Gasteiger partial charge in [-0.25, -0.2) is 9.48 Å². The minimum Gasteiger partial charge on any atom is -0.237 e. The summed E-state index contributed by atoms with van der Waals surface area (Å²) >= 11 is 0. The lowest BCUT2D eigenvalue weighted by Crippen LogP contribution is -2.07. The number of hydrogen-bond donors (Lipinski definition) is 0. The molecule has 1 saturated carbocycles. The number of aromatic nitrogens is 2. The highest BCUT2D eigenvalue weighted by molar-refractivity contribution is 5.51. The van der Waals surface area contributed by atoms with Crippen molar-refractivity contribution in [3.63, 3.8) is 0 Å². The van der Waals surface area contributed by atoms with Crippen molar-refractivity contribution >= 4 is 11.8 Å². The summed E-state index contributed by atoms with van der Waals surface area (Å²) in [6.45, 7) is 0. The standard InChI is InChI=1S/C14H10F3N3O/c15-14(16,17)13-7-12(9-1-2-9)20(19-13)11-5-3-10(4-6-11)18-8-21/h3-7,9H,1-2H2. The lowest BCUT2D eigenvalue weighted by Gasteiger charge is -2.06. The van der Waals surface area contributed by atoms with Crippen molar-refractivity contribution in [2.24, 2.45) is 4.99 Å². The Balaban J connectivity index is 2.04. The van der Waals surface area contributed by atoms with E-state index >= 15 is 0 Å². The molecule has 1 aromatic heterocycles. The van der Waals surface area contributed by atoms with Crippen LogP contribution >= 0.6 is 0 Å². The summed E-state index contributed by atoms with van der Waals surface area (Å²) in [6, 6.07) is 7.33. The zero-order valence-corrected chi connectivity index (χ0v) is 10.8. The molecule has 3 rings (SSSR count). The van der Waals surface area contributed by atoms with E-state index in [-0.39, 0.29) is 5.92 Å². The zero-order chi connectivity index (χ0) is 15.0. The number of rotatable bonds is 3. The highest BCUT2D eigenvalue weighted by Gasteiger charge is 2.38. The molecule has 21 heavy (non-hydrogen) atoms. The van der Waals surface area contributed by atoms with E-state index in [0.29, 0.717) is 17.1 Å². The van der Waals surface area contributed by atoms with E-state index in [2.05, 4.69) is 10.1 Å². The summed E-state index contributed by atoms with van der Waals surface area (Å²) in [6.07, 6.45) is -1.31. The third-order valence-corrected chi connectivity index (χ3v) is 3.29. The van der Waals surface area contributed by atoms with Gasteiger partial charge >= 0.3 is 6.18 Å². The fourth-order valence-electron chi connectivity index (χ4n) is 2.13. The van der Waals surface area contributed by atoms with Gasteiger partial charge in [0.2, 0.25) is 6.08 Å². The maximum atomic E-state index is 12.8. The number of alkyl halides is 3. The molecule has 7 heteroatoms. The molecule has 4 nitrogen and oxygen atoms in total. The van der Waals surface area contributed by atoms with E-state index in [1.165, 1.54) is 22.9 Å². The maximum absolute atomic E-state index is 12.8. The molecule has 0 amide bonds. The molecule has 1 heterocycles. The Morgan fingerprint density at radius 1 is 1.24 bits per heavy atom. The first-order valence-electron chi connectivity index (χ1n) is 6.34. The molecular formula is C14H10F3N3O. The second-order valence-electron chi connectivity index (χ2n) is 4.86. The van der Waals surface area contributed by atoms with Crippen LogP contribution in [0.2, 0.25) is 0 Å². The van der Waals surface area contributed by atoms with Crippen molar-refractivity contribution in [1.82, 2.24) is 9.78 Å². The number of nitrogens with zero attached hydrogens (tertiary/aromatic N) is 3. The Hall–Kier alpha value is -2.40. The van der Waals surface area contributed by atoms with Crippen LogP contribution in [-0.2, 0) is 11.0 Å². The van der Waals surface area contributed by atoms with Gasteiger partial charge in [-0.05, 0) is 43.2 Å². The van der Waals surface area contributed by atoms with E-state index < -0.39 is 11.9 Å². The van der Waals surface area contributed by atoms with Gasteiger partial charge in [0.25, 0.3) is 0 Å². The first-order chi connectivity index (χ1) is 9.99. The normalized spacial score (nSPS) is 14.8. The molecule has 0 spiro atoms. The smallest absolute Gasteiger partial charge is 0.237 e. The highest BCUT2D eigenvalue weighted by atomic mass is 19.4. The van der Waals surface area contributed by atoms with Gasteiger partial charge < -0.3 is 0 Å². The summed E-state index contributed by atoms with van der Waals surface area (Å²) in [5.74, 6) is 0.126. The minimum absolute atomic E-state index is 0.126. The lowest BCUT2D eigenvalue weighted by atomic mass is 10.2. The second kappa shape index (κ2) is 4.86. The van der Waals surface area contributed by atoms with Gasteiger partial charge in [0, 0.05) is 11.6 Å². The van der Waals surface area contributed by atoms with E-state index in [0.717, 1.165) is 18.9 Å². The SMILES string of the molecule is O=C=Nc1ccc(-n2nc(C(F)(F)F)cc2C2CC2)cc1. The van der Waals surface area contributed by atoms with Gasteiger partial charge in [-0.1, -0.05) is 0 Å². The molecule has 1 aromatic carbocycles. The molecule has 1 aliphatic rings. The van der Waals surface area contributed by atoms with Gasteiger partial charge in [0.15, 0.2) is 5.69 Å². The molecule has 0 unspecified atom stereocenters. The fraction of sp³-hybridized carbons (Fsp3) is 0.286. The predicted octanol–water partition coefficient (Wildman–Crippen LogP) is 3.74. The molecule has 0 N–H and O–H groups in total. The molecule has 0 atom stereocenters. The second-order valence-corrected chi connectivity index (χ2v) is 4.86. The van der Waals surface area contributed by atoms with Gasteiger partial charge in [0.1, 0.15) is 0 Å². The van der Waals surface area contributed by atoms with E-state index in [1.54, 1.807) is 12.1 Å². The molecule has 108 valence electrons. The number of isocyanates is 1. The van der Waals surface area contributed by atoms with Gasteiger partial charge in [-0.2, -0.15) is 23.3 Å². The summed E-state index contributed by atoms with van der Waals surface area (Å²) in [5, 5.41) is 3.67. The van der Waals surface area contributed by atoms with Gasteiger partial charge in [-0.3, -0.25) is 0 Å².